The number of nitrogens with one attached hydrogen (secondary N) is 2. The second-order valence-corrected chi connectivity index (χ2v) is 12.1. The fraction of sp³-hybridized carbons (Fsp3) is 0.323. The van der Waals surface area contributed by atoms with E-state index in [1.54, 1.807) is 24.7 Å². The Balaban J connectivity index is 1.35. The molecule has 10 nitrogen and oxygen atoms in total. The number of carbonyl (C=O) groups excluding carboxylic acids is 3. The normalized spacial score (nSPS) is 12.1. The quantitative estimate of drug-likeness (QED) is 0.172. The lowest BCUT2D eigenvalue weighted by Gasteiger charge is -2.14. The van der Waals surface area contributed by atoms with Crippen LogP contribution in [-0.4, -0.2) is 52.0 Å². The zero-order valence-corrected chi connectivity index (χ0v) is 26.1. The number of fused-ring (bicyclic) bond motifs is 1. The number of methoxy groups -OCH3 is 1. The van der Waals surface area contributed by atoms with Gasteiger partial charge in [0.25, 0.3) is 5.91 Å². The first-order chi connectivity index (χ1) is 20.8. The van der Waals surface area contributed by atoms with Crippen LogP contribution in [0.4, 0.5) is 5.00 Å². The molecule has 4 aromatic rings. The van der Waals surface area contributed by atoms with E-state index < -0.39 is 5.97 Å². The van der Waals surface area contributed by atoms with Gasteiger partial charge in [-0.2, -0.15) is 0 Å². The third-order valence-electron chi connectivity index (χ3n) is 7.19. The van der Waals surface area contributed by atoms with Gasteiger partial charge in [0.15, 0.2) is 11.0 Å². The highest BCUT2D eigenvalue weighted by Crippen LogP contribution is 2.39. The Morgan fingerprint density at radius 2 is 1.88 bits per heavy atom. The number of amides is 2. The Morgan fingerprint density at radius 1 is 1.07 bits per heavy atom. The molecule has 0 saturated heterocycles. The number of benzene rings is 2. The van der Waals surface area contributed by atoms with E-state index >= 15 is 0 Å². The van der Waals surface area contributed by atoms with Gasteiger partial charge in [-0.3, -0.25) is 14.2 Å². The zero-order chi connectivity index (χ0) is 30.5. The van der Waals surface area contributed by atoms with E-state index in [-0.39, 0.29) is 30.7 Å². The molecule has 0 atom stereocenters. The van der Waals surface area contributed by atoms with Gasteiger partial charge in [-0.05, 0) is 81.0 Å². The van der Waals surface area contributed by atoms with Crippen molar-refractivity contribution in [3.05, 3.63) is 81.0 Å². The molecule has 1 aliphatic rings. The van der Waals surface area contributed by atoms with Crippen molar-refractivity contribution in [3.63, 3.8) is 0 Å². The number of ether oxygens (including phenoxy) is 2. The van der Waals surface area contributed by atoms with Crippen LogP contribution in [0.1, 0.15) is 61.5 Å². The predicted molar refractivity (Wildman–Crippen MR) is 167 cm³/mol. The van der Waals surface area contributed by atoms with E-state index in [2.05, 4.69) is 20.8 Å². The molecular formula is C31H33N5O5S2. The molecule has 224 valence electrons. The lowest BCUT2D eigenvalue weighted by atomic mass is 10.1. The summed E-state index contributed by atoms with van der Waals surface area (Å²) in [6.45, 7) is 6.09. The van der Waals surface area contributed by atoms with Crippen molar-refractivity contribution in [2.24, 2.45) is 0 Å². The molecule has 0 unspecified atom stereocenters. The molecule has 2 aromatic heterocycles. The van der Waals surface area contributed by atoms with Crippen molar-refractivity contribution in [3.8, 4) is 11.4 Å². The standard InChI is InChI=1S/C31H33N5O5S2/c1-5-41-30(39)27-21-9-8-12-24(21)43-29(27)33-26(37)17-42-31-35-34-25(36(31)22-10-6-7-11-23(22)40-4)16-32-28(38)20-14-13-18(2)19(3)15-20/h6-7,10-11,13-15H,5,8-9,12,16-17H2,1-4H3,(H,32,38)(H,33,37). The van der Waals surface area contributed by atoms with Gasteiger partial charge in [0.1, 0.15) is 10.8 Å². The maximum absolute atomic E-state index is 13.1. The Bertz CT molecular complexity index is 1680. The van der Waals surface area contributed by atoms with Crippen molar-refractivity contribution >= 4 is 45.9 Å². The van der Waals surface area contributed by atoms with Gasteiger partial charge >= 0.3 is 5.97 Å². The van der Waals surface area contributed by atoms with Crippen LogP contribution in [0.25, 0.3) is 5.69 Å². The number of thiophene rings is 1. The Hall–Kier alpha value is -4.16. The average molecular weight is 620 g/mol. The maximum atomic E-state index is 13.1. The smallest absolute Gasteiger partial charge is 0.341 e. The summed E-state index contributed by atoms with van der Waals surface area (Å²) in [5.74, 6) is 0.161. The van der Waals surface area contributed by atoms with E-state index in [4.69, 9.17) is 9.47 Å². The SMILES string of the molecule is CCOC(=O)c1c(NC(=O)CSc2nnc(CNC(=O)c3ccc(C)c(C)c3)n2-c2ccccc2OC)sc2c1CCC2. The molecule has 0 saturated carbocycles. The highest BCUT2D eigenvalue weighted by molar-refractivity contribution is 7.99. The van der Waals surface area contributed by atoms with Crippen molar-refractivity contribution < 1.29 is 23.9 Å². The van der Waals surface area contributed by atoms with Crippen molar-refractivity contribution in [2.45, 2.75) is 51.7 Å². The number of rotatable bonds is 11. The van der Waals surface area contributed by atoms with E-state index in [1.165, 1.54) is 23.1 Å². The van der Waals surface area contributed by atoms with Gasteiger partial charge in [-0.15, -0.1) is 21.5 Å². The molecule has 0 fully saturated rings. The molecule has 43 heavy (non-hydrogen) atoms. The number of esters is 1. The topological polar surface area (TPSA) is 124 Å². The average Bonchev–Trinajstić information content (AvgIpc) is 3.71. The van der Waals surface area contributed by atoms with Crippen molar-refractivity contribution in [1.29, 1.82) is 0 Å². The number of carbonyl (C=O) groups is 3. The first-order valence-electron chi connectivity index (χ1n) is 14.0. The number of hydrogen-bond acceptors (Lipinski definition) is 9. The first-order valence-corrected chi connectivity index (χ1v) is 15.8. The van der Waals surface area contributed by atoms with Gasteiger partial charge in [-0.1, -0.05) is 30.0 Å². The molecule has 0 radical (unpaired) electrons. The summed E-state index contributed by atoms with van der Waals surface area (Å²) >= 11 is 2.64. The molecule has 2 N–H and O–H groups in total. The van der Waals surface area contributed by atoms with Gasteiger partial charge in [-0.25, -0.2) is 4.79 Å². The second-order valence-electron chi connectivity index (χ2n) is 10.0. The van der Waals surface area contributed by atoms with Crippen LogP contribution < -0.4 is 15.4 Å². The molecule has 0 bridgehead atoms. The van der Waals surface area contributed by atoms with E-state index in [0.717, 1.165) is 40.8 Å². The van der Waals surface area contributed by atoms with Crippen LogP contribution in [0.5, 0.6) is 5.75 Å². The summed E-state index contributed by atoms with van der Waals surface area (Å²) in [5.41, 5.74) is 4.82. The number of para-hydroxylation sites is 2. The van der Waals surface area contributed by atoms with Gasteiger partial charge < -0.3 is 20.1 Å². The fourth-order valence-corrected chi connectivity index (χ4v) is 6.97. The van der Waals surface area contributed by atoms with Crippen LogP contribution in [0.3, 0.4) is 0 Å². The number of aryl methyl sites for hydroxylation is 3. The molecule has 1 aliphatic carbocycles. The number of aromatic nitrogens is 3. The molecule has 12 heteroatoms. The van der Waals surface area contributed by atoms with E-state index in [0.29, 0.717) is 38.5 Å². The van der Waals surface area contributed by atoms with Crippen LogP contribution in [0.2, 0.25) is 0 Å². The molecule has 0 aliphatic heterocycles. The van der Waals surface area contributed by atoms with Crippen LogP contribution in [0.15, 0.2) is 47.6 Å². The molecule has 0 spiro atoms. The van der Waals surface area contributed by atoms with Gasteiger partial charge in [0, 0.05) is 10.4 Å². The molecule has 5 rings (SSSR count). The van der Waals surface area contributed by atoms with Gasteiger partial charge in [0.05, 0.1) is 37.3 Å². The van der Waals surface area contributed by atoms with Crippen molar-refractivity contribution in [1.82, 2.24) is 20.1 Å². The summed E-state index contributed by atoms with van der Waals surface area (Å²) in [6.07, 6.45) is 2.68. The predicted octanol–water partition coefficient (Wildman–Crippen LogP) is 5.28. The second kappa shape index (κ2) is 13.4. The van der Waals surface area contributed by atoms with Crippen molar-refractivity contribution in [2.75, 3.05) is 24.8 Å². The third kappa shape index (κ3) is 6.60. The molecule has 2 amide bonds. The number of anilines is 1. The lowest BCUT2D eigenvalue weighted by molar-refractivity contribution is -0.113. The Kier molecular flexibility index (Phi) is 9.46. The van der Waals surface area contributed by atoms with E-state index in [9.17, 15) is 14.4 Å². The summed E-state index contributed by atoms with van der Waals surface area (Å²) in [6, 6.07) is 13.0. The minimum atomic E-state index is -0.409. The largest absolute Gasteiger partial charge is 0.495 e. The Morgan fingerprint density at radius 3 is 2.65 bits per heavy atom. The summed E-state index contributed by atoms with van der Waals surface area (Å²) in [5, 5.41) is 15.5. The van der Waals surface area contributed by atoms with Crippen LogP contribution in [0, 0.1) is 13.8 Å². The number of thioether (sulfide) groups is 1. The minimum absolute atomic E-state index is 0.0209. The minimum Gasteiger partial charge on any atom is -0.495 e. The van der Waals surface area contributed by atoms with E-state index in [1.807, 2.05) is 50.2 Å². The van der Waals surface area contributed by atoms with Gasteiger partial charge in [0.2, 0.25) is 5.91 Å². The summed E-state index contributed by atoms with van der Waals surface area (Å²) in [4.78, 5) is 39.9. The number of hydrogen-bond donors (Lipinski definition) is 2. The number of nitrogens with zero attached hydrogens (tertiary/aromatic N) is 3. The molecule has 2 aromatic carbocycles. The monoisotopic (exact) mass is 619 g/mol. The third-order valence-corrected chi connectivity index (χ3v) is 9.32. The Labute approximate surface area is 258 Å². The zero-order valence-electron chi connectivity index (χ0n) is 24.5. The highest BCUT2D eigenvalue weighted by atomic mass is 32.2. The first kappa shape index (κ1) is 30.3. The molecular weight excluding hydrogens is 587 g/mol. The fourth-order valence-electron chi connectivity index (χ4n) is 4.91. The van der Waals surface area contributed by atoms with Crippen LogP contribution >= 0.6 is 23.1 Å². The van der Waals surface area contributed by atoms with Crippen LogP contribution in [-0.2, 0) is 28.9 Å². The highest BCUT2D eigenvalue weighted by Gasteiger charge is 2.28. The lowest BCUT2D eigenvalue weighted by Crippen LogP contribution is -2.25. The molecule has 2 heterocycles. The summed E-state index contributed by atoms with van der Waals surface area (Å²) in [7, 11) is 1.57. The summed E-state index contributed by atoms with van der Waals surface area (Å²) < 4.78 is 12.7. The maximum Gasteiger partial charge on any atom is 0.341 e.